The Kier molecular flexibility index (Phi) is 6.89. The number of nitrogens with one attached hydrogen (secondary N) is 1. The summed E-state index contributed by atoms with van der Waals surface area (Å²) in [7, 11) is 0. The fraction of sp³-hybridized carbons (Fsp3) is 0.190. The Hall–Kier alpha value is -2.08. The molecule has 1 atom stereocenters. The van der Waals surface area contributed by atoms with Crippen LogP contribution in [0.1, 0.15) is 27.8 Å². The second-order valence-corrected chi connectivity index (χ2v) is 8.17. The molecule has 0 aliphatic carbocycles. The maximum Gasteiger partial charge on any atom is 0.221 e. The molecule has 0 fully saturated rings. The van der Waals surface area contributed by atoms with Crippen molar-refractivity contribution in [2.75, 3.05) is 5.75 Å². The average Bonchev–Trinajstić information content (AvgIpc) is 3.16. The summed E-state index contributed by atoms with van der Waals surface area (Å²) in [6.45, 7) is 0.501. The van der Waals surface area contributed by atoms with Crippen molar-refractivity contribution in [3.05, 3.63) is 88.1 Å². The highest BCUT2D eigenvalue weighted by atomic mass is 32.2. The highest BCUT2D eigenvalue weighted by Crippen LogP contribution is 2.28. The van der Waals surface area contributed by atoms with E-state index in [0.29, 0.717) is 13.0 Å². The van der Waals surface area contributed by atoms with Crippen LogP contribution in [0.25, 0.3) is 0 Å². The number of aliphatic hydroxyl groups is 1. The topological polar surface area (TPSA) is 49.3 Å². The molecule has 3 rings (SSSR count). The van der Waals surface area contributed by atoms with Crippen LogP contribution in [0.2, 0.25) is 0 Å². The van der Waals surface area contributed by atoms with Crippen LogP contribution in [0, 0.1) is 0 Å². The lowest BCUT2D eigenvalue weighted by molar-refractivity contribution is -0.120. The number of carbonyl (C=O) groups excluding carboxylic acids is 1. The Morgan fingerprint density at radius 2 is 1.69 bits per heavy atom. The molecule has 3 nitrogen and oxygen atoms in total. The minimum absolute atomic E-state index is 0.0481. The number of amides is 1. The summed E-state index contributed by atoms with van der Waals surface area (Å²) in [5.41, 5.74) is 0.878. The first-order valence-electron chi connectivity index (χ1n) is 8.48. The molecule has 0 saturated carbocycles. The Morgan fingerprint density at radius 1 is 1.00 bits per heavy atom. The second kappa shape index (κ2) is 9.57. The van der Waals surface area contributed by atoms with Crippen LogP contribution >= 0.6 is 23.1 Å². The maximum absolute atomic E-state index is 12.0. The molecule has 0 aliphatic rings. The first kappa shape index (κ1) is 18.7. The van der Waals surface area contributed by atoms with Gasteiger partial charge in [0.2, 0.25) is 5.91 Å². The minimum atomic E-state index is -0.618. The lowest BCUT2D eigenvalue weighted by Gasteiger charge is -2.08. The van der Waals surface area contributed by atoms with Gasteiger partial charge in [-0.3, -0.25) is 4.79 Å². The molecule has 0 radical (unpaired) electrons. The van der Waals surface area contributed by atoms with E-state index in [1.54, 1.807) is 11.8 Å². The Balaban J connectivity index is 1.43. The summed E-state index contributed by atoms with van der Waals surface area (Å²) in [4.78, 5) is 15.1. The number of hydrogen-bond donors (Lipinski definition) is 2. The van der Waals surface area contributed by atoms with Crippen molar-refractivity contribution < 1.29 is 9.90 Å². The Labute approximate surface area is 162 Å². The molecule has 0 spiro atoms. The van der Waals surface area contributed by atoms with E-state index < -0.39 is 6.10 Å². The van der Waals surface area contributed by atoms with Crippen molar-refractivity contribution in [1.29, 1.82) is 0 Å². The summed E-state index contributed by atoms with van der Waals surface area (Å²) in [6.07, 6.45) is -0.127. The van der Waals surface area contributed by atoms with Crippen LogP contribution < -0.4 is 5.32 Å². The van der Waals surface area contributed by atoms with E-state index in [0.717, 1.165) is 21.1 Å². The highest BCUT2D eigenvalue weighted by molar-refractivity contribution is 7.99. The number of thioether (sulfide) groups is 1. The van der Waals surface area contributed by atoms with E-state index in [1.165, 1.54) is 16.2 Å². The maximum atomic E-state index is 12.0. The third-order valence-electron chi connectivity index (χ3n) is 3.87. The molecule has 0 aliphatic heterocycles. The van der Waals surface area contributed by atoms with E-state index in [9.17, 15) is 9.90 Å². The van der Waals surface area contributed by atoms with Crippen LogP contribution in [0.3, 0.4) is 0 Å². The molecule has 1 heterocycles. The van der Waals surface area contributed by atoms with E-state index in [1.807, 2.05) is 72.8 Å². The predicted molar refractivity (Wildman–Crippen MR) is 108 cm³/mol. The standard InChI is InChI=1S/C21H21NO2S2/c23-20(13-14-25-17-9-5-2-6-10-17)22-15-18-11-12-19(26-18)21(24)16-7-3-1-4-8-16/h1-12,21,24H,13-15H2,(H,22,23)/t21-/m1/s1. The SMILES string of the molecule is O=C(CCSc1ccccc1)NCc1ccc([C@H](O)c2ccccc2)s1. The van der Waals surface area contributed by atoms with Gasteiger partial charge in [-0.05, 0) is 29.8 Å². The molecule has 0 unspecified atom stereocenters. The smallest absolute Gasteiger partial charge is 0.221 e. The fourth-order valence-corrected chi connectivity index (χ4v) is 4.33. The monoisotopic (exact) mass is 383 g/mol. The van der Waals surface area contributed by atoms with E-state index in [-0.39, 0.29) is 5.91 Å². The van der Waals surface area contributed by atoms with Gasteiger partial charge in [0, 0.05) is 26.8 Å². The van der Waals surface area contributed by atoms with Crippen molar-refractivity contribution in [3.63, 3.8) is 0 Å². The zero-order valence-corrected chi connectivity index (χ0v) is 15.9. The molecule has 134 valence electrons. The van der Waals surface area contributed by atoms with Gasteiger partial charge in [0.15, 0.2) is 0 Å². The summed E-state index contributed by atoms with van der Waals surface area (Å²) in [5, 5.41) is 13.4. The second-order valence-electron chi connectivity index (χ2n) is 5.81. The van der Waals surface area contributed by atoms with Crippen molar-refractivity contribution in [1.82, 2.24) is 5.32 Å². The number of aliphatic hydroxyl groups excluding tert-OH is 1. The van der Waals surface area contributed by atoms with Crippen LogP contribution in [-0.2, 0) is 11.3 Å². The molecule has 26 heavy (non-hydrogen) atoms. The average molecular weight is 384 g/mol. The van der Waals surface area contributed by atoms with Gasteiger partial charge in [0.25, 0.3) is 0 Å². The van der Waals surface area contributed by atoms with Gasteiger partial charge in [-0.1, -0.05) is 48.5 Å². The Bertz CT molecular complexity index is 818. The molecule has 2 aromatic carbocycles. The van der Waals surface area contributed by atoms with Gasteiger partial charge in [-0.15, -0.1) is 23.1 Å². The van der Waals surface area contributed by atoms with Crippen LogP contribution in [-0.4, -0.2) is 16.8 Å². The molecule has 0 saturated heterocycles. The number of benzene rings is 2. The van der Waals surface area contributed by atoms with Gasteiger partial charge < -0.3 is 10.4 Å². The first-order valence-corrected chi connectivity index (χ1v) is 10.3. The highest BCUT2D eigenvalue weighted by Gasteiger charge is 2.13. The summed E-state index contributed by atoms with van der Waals surface area (Å²) < 4.78 is 0. The normalized spacial score (nSPS) is 11.9. The molecule has 3 aromatic rings. The predicted octanol–water partition coefficient (Wildman–Crippen LogP) is 4.63. The Morgan fingerprint density at radius 3 is 2.42 bits per heavy atom. The van der Waals surface area contributed by atoms with Gasteiger partial charge in [-0.2, -0.15) is 0 Å². The zero-order chi connectivity index (χ0) is 18.2. The van der Waals surface area contributed by atoms with Gasteiger partial charge in [-0.25, -0.2) is 0 Å². The molecule has 1 aromatic heterocycles. The summed E-state index contributed by atoms with van der Waals surface area (Å²) >= 11 is 3.21. The van der Waals surface area contributed by atoms with E-state index in [4.69, 9.17) is 0 Å². The molecule has 0 bridgehead atoms. The molecular formula is C21H21NO2S2. The van der Waals surface area contributed by atoms with Crippen LogP contribution in [0.4, 0.5) is 0 Å². The van der Waals surface area contributed by atoms with Gasteiger partial charge in [0.05, 0.1) is 6.54 Å². The first-order chi connectivity index (χ1) is 12.7. The van der Waals surface area contributed by atoms with Crippen molar-refractivity contribution in [3.8, 4) is 0 Å². The van der Waals surface area contributed by atoms with Gasteiger partial charge >= 0.3 is 0 Å². The number of thiophene rings is 1. The third-order valence-corrected chi connectivity index (χ3v) is 6.02. The lowest BCUT2D eigenvalue weighted by Crippen LogP contribution is -2.22. The fourth-order valence-electron chi connectivity index (χ4n) is 2.49. The summed E-state index contributed by atoms with van der Waals surface area (Å²) in [5.74, 6) is 0.810. The van der Waals surface area contributed by atoms with Crippen molar-refractivity contribution >= 4 is 29.0 Å². The lowest BCUT2D eigenvalue weighted by atomic mass is 10.1. The zero-order valence-electron chi connectivity index (χ0n) is 14.3. The largest absolute Gasteiger partial charge is 0.383 e. The molecule has 1 amide bonds. The quantitative estimate of drug-likeness (QED) is 0.558. The minimum Gasteiger partial charge on any atom is -0.383 e. The molecular weight excluding hydrogens is 362 g/mol. The van der Waals surface area contributed by atoms with Crippen LogP contribution in [0.15, 0.2) is 77.7 Å². The molecule has 2 N–H and O–H groups in total. The van der Waals surface area contributed by atoms with Gasteiger partial charge in [0.1, 0.15) is 6.10 Å². The third kappa shape index (κ3) is 5.46. The number of rotatable bonds is 8. The van der Waals surface area contributed by atoms with E-state index in [2.05, 4.69) is 5.32 Å². The summed E-state index contributed by atoms with van der Waals surface area (Å²) in [6, 6.07) is 23.6. The number of hydrogen-bond acceptors (Lipinski definition) is 4. The number of carbonyl (C=O) groups is 1. The molecule has 5 heteroatoms. The van der Waals surface area contributed by atoms with Crippen molar-refractivity contribution in [2.45, 2.75) is 24.0 Å². The van der Waals surface area contributed by atoms with Crippen molar-refractivity contribution in [2.24, 2.45) is 0 Å². The van der Waals surface area contributed by atoms with Crippen LogP contribution in [0.5, 0.6) is 0 Å². The van der Waals surface area contributed by atoms with E-state index >= 15 is 0 Å².